The van der Waals surface area contributed by atoms with Crippen molar-refractivity contribution in [1.29, 1.82) is 0 Å². The van der Waals surface area contributed by atoms with Gasteiger partial charge in [-0.1, -0.05) is 12.1 Å². The number of nitrogens with one attached hydrogen (secondary N) is 1. The van der Waals surface area contributed by atoms with Gasteiger partial charge in [0.2, 0.25) is 10.6 Å². The fourth-order valence-corrected chi connectivity index (χ4v) is 6.62. The van der Waals surface area contributed by atoms with Gasteiger partial charge in [-0.25, -0.2) is 9.67 Å². The molecule has 6 heteroatoms. The van der Waals surface area contributed by atoms with Gasteiger partial charge in [0.25, 0.3) is 0 Å². The summed E-state index contributed by atoms with van der Waals surface area (Å²) in [5, 5.41) is 7.88. The molecule has 2 aromatic rings. The van der Waals surface area contributed by atoms with Gasteiger partial charge in [-0.3, -0.25) is 4.79 Å². The second-order valence-corrected chi connectivity index (χ2v) is 9.83. The summed E-state index contributed by atoms with van der Waals surface area (Å²) in [5.41, 5.74) is 2.99. The predicted octanol–water partition coefficient (Wildman–Crippen LogP) is 4.59. The highest BCUT2D eigenvalue weighted by Gasteiger charge is 2.61. The second-order valence-electron chi connectivity index (χ2n) is 9.13. The molecular weight excluding hydrogens is 404 g/mol. The zero-order valence-corrected chi connectivity index (χ0v) is 17.4. The van der Waals surface area contributed by atoms with Crippen LogP contribution in [0.3, 0.4) is 0 Å². The average molecular weight is 429 g/mol. The van der Waals surface area contributed by atoms with E-state index in [1.54, 1.807) is 0 Å². The Morgan fingerprint density at radius 2 is 1.96 bits per heavy atom. The number of benzene rings is 1. The van der Waals surface area contributed by atoms with Gasteiger partial charge in [0.15, 0.2) is 0 Å². The van der Waals surface area contributed by atoms with Crippen molar-refractivity contribution in [3.63, 3.8) is 0 Å². The first-order valence-electron chi connectivity index (χ1n) is 9.85. The number of hydrogen-bond acceptors (Lipinski definition) is 3. The van der Waals surface area contributed by atoms with Gasteiger partial charge < -0.3 is 5.32 Å². The van der Waals surface area contributed by atoms with Crippen molar-refractivity contribution in [2.45, 2.75) is 57.9 Å². The molecule has 27 heavy (non-hydrogen) atoms. The summed E-state index contributed by atoms with van der Waals surface area (Å²) in [4.78, 5) is 17.8. The maximum absolute atomic E-state index is 13.5. The largest absolute Gasteiger partial charge is 0.325 e. The highest BCUT2D eigenvalue weighted by molar-refractivity contribution is 9.10. The molecule has 4 saturated carbocycles. The fraction of sp³-hybridized carbons (Fsp3) is 0.571. The molecule has 2 atom stereocenters. The number of hydrogen-bond donors (Lipinski definition) is 1. The zero-order chi connectivity index (χ0) is 18.8. The first-order chi connectivity index (χ1) is 12.9. The Morgan fingerprint density at radius 1 is 1.22 bits per heavy atom. The van der Waals surface area contributed by atoms with Crippen LogP contribution < -0.4 is 5.32 Å². The summed E-state index contributed by atoms with van der Waals surface area (Å²) in [6.07, 6.45) is 8.24. The van der Waals surface area contributed by atoms with Crippen molar-refractivity contribution in [2.24, 2.45) is 17.3 Å². The lowest BCUT2D eigenvalue weighted by atomic mass is 9.46. The zero-order valence-electron chi connectivity index (χ0n) is 15.8. The highest BCUT2D eigenvalue weighted by atomic mass is 79.9. The van der Waals surface area contributed by atoms with E-state index in [-0.39, 0.29) is 16.9 Å². The van der Waals surface area contributed by atoms with Gasteiger partial charge in [-0.2, -0.15) is 0 Å². The molecule has 0 radical (unpaired) electrons. The standard InChI is InChI=1S/C21H25BrN4O/c1-13-4-3-5-17(14(13)2)24-18(27)20-7-15-6-16(8-20)10-21(9-15,11-20)26-12-23-19(22)25-26/h3-5,12,15-16H,6-11H2,1-2H3,(H,24,27)/t15-,16-,20?,21?/m1/s1. The minimum absolute atomic E-state index is 0.0535. The Morgan fingerprint density at radius 3 is 2.63 bits per heavy atom. The first kappa shape index (κ1) is 17.4. The molecule has 0 aliphatic heterocycles. The maximum Gasteiger partial charge on any atom is 0.230 e. The van der Waals surface area contributed by atoms with Gasteiger partial charge in [0, 0.05) is 5.69 Å². The number of anilines is 1. The molecule has 0 saturated heterocycles. The van der Waals surface area contributed by atoms with E-state index in [1.165, 1.54) is 12.0 Å². The van der Waals surface area contributed by atoms with Crippen molar-refractivity contribution in [3.05, 3.63) is 40.4 Å². The van der Waals surface area contributed by atoms with Gasteiger partial charge in [-0.15, -0.1) is 5.10 Å². The van der Waals surface area contributed by atoms with Crippen LogP contribution in [0.2, 0.25) is 0 Å². The van der Waals surface area contributed by atoms with E-state index in [0.717, 1.165) is 43.4 Å². The summed E-state index contributed by atoms with van der Waals surface area (Å²) in [7, 11) is 0. The fourth-order valence-electron chi connectivity index (χ4n) is 6.36. The lowest BCUT2D eigenvalue weighted by Gasteiger charge is -2.60. The molecule has 5 nitrogen and oxygen atoms in total. The molecule has 1 N–H and O–H groups in total. The Bertz CT molecular complexity index is 907. The molecular formula is C21H25BrN4O. The van der Waals surface area contributed by atoms with Crippen LogP contribution >= 0.6 is 15.9 Å². The normalized spacial score (nSPS) is 34.0. The van der Waals surface area contributed by atoms with Crippen molar-refractivity contribution >= 4 is 27.5 Å². The predicted molar refractivity (Wildman–Crippen MR) is 107 cm³/mol. The molecule has 1 aromatic carbocycles. The third-order valence-corrected chi connectivity index (χ3v) is 7.68. The van der Waals surface area contributed by atoms with E-state index >= 15 is 0 Å². The van der Waals surface area contributed by atoms with Gasteiger partial charge >= 0.3 is 0 Å². The quantitative estimate of drug-likeness (QED) is 0.777. The van der Waals surface area contributed by atoms with E-state index in [1.807, 2.05) is 18.5 Å². The average Bonchev–Trinajstić information content (AvgIpc) is 3.05. The minimum Gasteiger partial charge on any atom is -0.325 e. The molecule has 0 spiro atoms. The van der Waals surface area contributed by atoms with Crippen LogP contribution in [-0.4, -0.2) is 20.7 Å². The van der Waals surface area contributed by atoms with Crippen molar-refractivity contribution in [3.8, 4) is 0 Å². The third-order valence-electron chi connectivity index (χ3n) is 7.31. The molecule has 0 unspecified atom stereocenters. The number of aryl methyl sites for hydroxylation is 1. The number of carbonyl (C=O) groups is 1. The molecule has 4 aliphatic rings. The summed E-state index contributed by atoms with van der Waals surface area (Å²) < 4.78 is 2.68. The number of halogens is 1. The smallest absolute Gasteiger partial charge is 0.230 e. The van der Waals surface area contributed by atoms with Crippen LogP contribution in [-0.2, 0) is 10.3 Å². The Kier molecular flexibility index (Phi) is 3.81. The third kappa shape index (κ3) is 2.67. The monoisotopic (exact) mass is 428 g/mol. The Balaban J connectivity index is 1.48. The number of amides is 1. The minimum atomic E-state index is -0.279. The lowest BCUT2D eigenvalue weighted by Crippen LogP contribution is -2.60. The molecule has 1 aromatic heterocycles. The van der Waals surface area contributed by atoms with Crippen LogP contribution in [0, 0.1) is 31.1 Å². The summed E-state index contributed by atoms with van der Waals surface area (Å²) in [6, 6.07) is 6.13. The molecule has 4 aliphatic carbocycles. The molecule has 4 bridgehead atoms. The van der Waals surface area contributed by atoms with Crippen molar-refractivity contribution in [2.75, 3.05) is 5.32 Å². The highest BCUT2D eigenvalue weighted by Crippen LogP contribution is 2.64. The molecule has 142 valence electrons. The Hall–Kier alpha value is -1.69. The molecule has 1 amide bonds. The van der Waals surface area contributed by atoms with Crippen LogP contribution in [0.4, 0.5) is 5.69 Å². The number of carbonyl (C=O) groups excluding carboxylic acids is 1. The topological polar surface area (TPSA) is 59.8 Å². The number of rotatable bonds is 3. The molecule has 4 fully saturated rings. The van der Waals surface area contributed by atoms with Crippen LogP contribution in [0.25, 0.3) is 0 Å². The SMILES string of the molecule is Cc1cccc(NC(=O)C23C[C@H]4C[C@H](C2)CC(n2cnc(Br)n2)(C4)C3)c1C. The Labute approximate surface area is 168 Å². The molecule has 1 heterocycles. The first-order valence-corrected chi connectivity index (χ1v) is 10.6. The van der Waals surface area contributed by atoms with E-state index < -0.39 is 0 Å². The second kappa shape index (κ2) is 5.90. The summed E-state index contributed by atoms with van der Waals surface area (Å²) in [6.45, 7) is 4.17. The van der Waals surface area contributed by atoms with E-state index in [0.29, 0.717) is 16.6 Å². The maximum atomic E-state index is 13.5. The molecule has 6 rings (SSSR count). The van der Waals surface area contributed by atoms with Crippen molar-refractivity contribution in [1.82, 2.24) is 14.8 Å². The van der Waals surface area contributed by atoms with E-state index in [9.17, 15) is 4.79 Å². The van der Waals surface area contributed by atoms with Gasteiger partial charge in [0.05, 0.1) is 11.0 Å². The van der Waals surface area contributed by atoms with Crippen LogP contribution in [0.5, 0.6) is 0 Å². The van der Waals surface area contributed by atoms with E-state index in [2.05, 4.69) is 55.9 Å². The van der Waals surface area contributed by atoms with Gasteiger partial charge in [0.1, 0.15) is 6.33 Å². The van der Waals surface area contributed by atoms with Crippen molar-refractivity contribution < 1.29 is 4.79 Å². The van der Waals surface area contributed by atoms with E-state index in [4.69, 9.17) is 0 Å². The van der Waals surface area contributed by atoms with Crippen LogP contribution in [0.1, 0.15) is 49.7 Å². The number of aromatic nitrogens is 3. The number of nitrogens with zero attached hydrogens (tertiary/aromatic N) is 3. The van der Waals surface area contributed by atoms with Crippen LogP contribution in [0.15, 0.2) is 29.3 Å². The van der Waals surface area contributed by atoms with Gasteiger partial charge in [-0.05, 0) is 97.3 Å². The lowest BCUT2D eigenvalue weighted by molar-refractivity contribution is -0.150. The summed E-state index contributed by atoms with van der Waals surface area (Å²) >= 11 is 3.39. The summed E-state index contributed by atoms with van der Waals surface area (Å²) in [5.74, 6) is 1.42.